The van der Waals surface area contributed by atoms with Gasteiger partial charge in [-0.3, -0.25) is 0 Å². The molecule has 0 fully saturated rings. The van der Waals surface area contributed by atoms with Crippen LogP contribution in [0.1, 0.15) is 0 Å². The minimum absolute atomic E-state index is 1.15. The van der Waals surface area contributed by atoms with E-state index >= 15 is 0 Å². The van der Waals surface area contributed by atoms with E-state index in [9.17, 15) is 17.3 Å². The predicted molar refractivity (Wildman–Crippen MR) is 94.2 cm³/mol. The second kappa shape index (κ2) is 8.72. The summed E-state index contributed by atoms with van der Waals surface area (Å²) >= 11 is -1.15. The van der Waals surface area contributed by atoms with Gasteiger partial charge in [0.15, 0.2) is 0 Å². The Kier molecular flexibility index (Phi) is 6.65. The van der Waals surface area contributed by atoms with Crippen molar-refractivity contribution in [3.63, 3.8) is 0 Å². The van der Waals surface area contributed by atoms with Crippen molar-refractivity contribution in [2.45, 2.75) is 0 Å². The summed E-state index contributed by atoms with van der Waals surface area (Å²) in [6.45, 7) is 0. The number of rotatable bonds is 3. The van der Waals surface area contributed by atoms with Gasteiger partial charge in [-0.15, -0.1) is 0 Å². The van der Waals surface area contributed by atoms with Crippen LogP contribution >= 0.6 is 0 Å². The molecule has 0 radical (unpaired) electrons. The van der Waals surface area contributed by atoms with Gasteiger partial charge in [0.05, 0.1) is 0 Å². The Morgan fingerprint density at radius 2 is 0.667 bits per heavy atom. The fourth-order valence-electron chi connectivity index (χ4n) is 2.08. The molecule has 0 aliphatic heterocycles. The molecule has 0 heterocycles. The van der Waals surface area contributed by atoms with E-state index in [4.69, 9.17) is 0 Å². The molecule has 3 aromatic carbocycles. The third kappa shape index (κ3) is 6.22. The van der Waals surface area contributed by atoms with E-state index in [1.807, 2.05) is 0 Å². The molecule has 6 heteroatoms. The minimum atomic E-state index is -6.00. The molecular formula is C18H15BF4Se. The number of hydrogen-bond donors (Lipinski definition) is 0. The van der Waals surface area contributed by atoms with Crippen molar-refractivity contribution in [1.29, 1.82) is 0 Å². The summed E-state index contributed by atoms with van der Waals surface area (Å²) in [7, 11) is -6.00. The van der Waals surface area contributed by atoms with Gasteiger partial charge in [-0.05, 0) is 0 Å². The first-order valence-corrected chi connectivity index (χ1v) is 9.79. The van der Waals surface area contributed by atoms with Gasteiger partial charge in [0.1, 0.15) is 0 Å². The molecule has 0 saturated heterocycles. The van der Waals surface area contributed by atoms with E-state index in [0.717, 1.165) is 0 Å². The summed E-state index contributed by atoms with van der Waals surface area (Å²) in [5.74, 6) is 0. The van der Waals surface area contributed by atoms with Crippen LogP contribution in [-0.2, 0) is 0 Å². The summed E-state index contributed by atoms with van der Waals surface area (Å²) in [5, 5.41) is 0. The second-order valence-electron chi connectivity index (χ2n) is 4.74. The molecule has 0 aliphatic carbocycles. The van der Waals surface area contributed by atoms with Crippen LogP contribution in [0.4, 0.5) is 17.3 Å². The van der Waals surface area contributed by atoms with Crippen molar-refractivity contribution in [3.05, 3.63) is 91.0 Å². The fraction of sp³-hybridized carbons (Fsp3) is 0. The van der Waals surface area contributed by atoms with Gasteiger partial charge in [0.2, 0.25) is 0 Å². The Labute approximate surface area is 143 Å². The zero-order valence-corrected chi connectivity index (χ0v) is 14.4. The molecule has 0 N–H and O–H groups in total. The molecule has 0 atom stereocenters. The summed E-state index contributed by atoms with van der Waals surface area (Å²) < 4.78 is 43.4. The first kappa shape index (κ1) is 18.3. The Balaban J connectivity index is 0.000000368. The second-order valence-corrected chi connectivity index (χ2v) is 8.99. The van der Waals surface area contributed by atoms with Crippen LogP contribution in [0.25, 0.3) is 0 Å². The van der Waals surface area contributed by atoms with Crippen LogP contribution in [-0.4, -0.2) is 21.2 Å². The van der Waals surface area contributed by atoms with Crippen molar-refractivity contribution in [3.8, 4) is 0 Å². The van der Waals surface area contributed by atoms with Gasteiger partial charge < -0.3 is 17.3 Å². The van der Waals surface area contributed by atoms with Crippen LogP contribution in [0.3, 0.4) is 0 Å². The Bertz CT molecular complexity index is 618. The van der Waals surface area contributed by atoms with Gasteiger partial charge >= 0.3 is 126 Å². The molecule has 0 nitrogen and oxygen atoms in total. The molecule has 0 amide bonds. The van der Waals surface area contributed by atoms with Gasteiger partial charge in [0, 0.05) is 0 Å². The molecule has 3 aromatic rings. The molecule has 124 valence electrons. The number of hydrogen-bond acceptors (Lipinski definition) is 0. The maximum absolute atomic E-state index is 9.75. The fourth-order valence-corrected chi connectivity index (χ4v) is 6.49. The van der Waals surface area contributed by atoms with Crippen LogP contribution < -0.4 is 13.4 Å². The third-order valence-electron chi connectivity index (χ3n) is 2.94. The zero-order valence-electron chi connectivity index (χ0n) is 12.7. The standard InChI is InChI=1S/C18H15Se.BF4/c1-4-10-16(11-5-1)19(17-12-6-2-7-13-17)18-14-8-3-9-15-18;2-1(3,4)5/h1-15H;/q+1;-1. The summed E-state index contributed by atoms with van der Waals surface area (Å²) in [5.41, 5.74) is 0. The third-order valence-corrected chi connectivity index (χ3v) is 7.62. The van der Waals surface area contributed by atoms with Crippen molar-refractivity contribution >= 4 is 34.5 Å². The molecule has 3 rings (SSSR count). The zero-order chi connectivity index (χ0) is 17.4. The molecule has 0 aliphatic rings. The van der Waals surface area contributed by atoms with E-state index in [1.165, 1.54) is 13.4 Å². The molecule has 0 spiro atoms. The van der Waals surface area contributed by atoms with Gasteiger partial charge in [-0.1, -0.05) is 0 Å². The van der Waals surface area contributed by atoms with Crippen molar-refractivity contribution in [2.75, 3.05) is 0 Å². The first-order valence-electron chi connectivity index (χ1n) is 7.22. The van der Waals surface area contributed by atoms with E-state index in [2.05, 4.69) is 91.0 Å². The van der Waals surface area contributed by atoms with Gasteiger partial charge in [-0.25, -0.2) is 0 Å². The number of halogens is 4. The Morgan fingerprint density at radius 3 is 0.875 bits per heavy atom. The molecule has 24 heavy (non-hydrogen) atoms. The quantitative estimate of drug-likeness (QED) is 0.469. The normalized spacial score (nSPS) is 10.9. The average Bonchev–Trinajstić information content (AvgIpc) is 2.57. The van der Waals surface area contributed by atoms with E-state index in [-0.39, 0.29) is 0 Å². The Morgan fingerprint density at radius 1 is 0.458 bits per heavy atom. The average molecular weight is 397 g/mol. The monoisotopic (exact) mass is 398 g/mol. The van der Waals surface area contributed by atoms with Crippen LogP contribution in [0, 0.1) is 0 Å². The molecule has 0 aromatic heterocycles. The molecule has 0 unspecified atom stereocenters. The molecule has 0 saturated carbocycles. The molecule has 0 bridgehead atoms. The van der Waals surface area contributed by atoms with Crippen molar-refractivity contribution in [2.24, 2.45) is 0 Å². The summed E-state index contributed by atoms with van der Waals surface area (Å²) in [6, 6.07) is 32.6. The first-order chi connectivity index (χ1) is 11.4. The van der Waals surface area contributed by atoms with Gasteiger partial charge in [0.25, 0.3) is 0 Å². The molecular weight excluding hydrogens is 382 g/mol. The Hall–Kier alpha value is -2.04. The van der Waals surface area contributed by atoms with E-state index < -0.39 is 21.2 Å². The summed E-state index contributed by atoms with van der Waals surface area (Å²) in [6.07, 6.45) is 0. The van der Waals surface area contributed by atoms with Gasteiger partial charge in [-0.2, -0.15) is 0 Å². The van der Waals surface area contributed by atoms with E-state index in [0.29, 0.717) is 0 Å². The van der Waals surface area contributed by atoms with Crippen LogP contribution in [0.15, 0.2) is 91.0 Å². The summed E-state index contributed by atoms with van der Waals surface area (Å²) in [4.78, 5) is 0. The number of benzene rings is 3. The SMILES string of the molecule is F[B-](F)(F)F.c1ccc([Se+](c2ccccc2)c2ccccc2)cc1. The van der Waals surface area contributed by atoms with E-state index in [1.54, 1.807) is 0 Å². The van der Waals surface area contributed by atoms with Crippen LogP contribution in [0.5, 0.6) is 0 Å². The van der Waals surface area contributed by atoms with Crippen molar-refractivity contribution in [1.82, 2.24) is 0 Å². The topological polar surface area (TPSA) is 0 Å². The maximum atomic E-state index is 9.75. The predicted octanol–water partition coefficient (Wildman–Crippen LogP) is 3.50. The van der Waals surface area contributed by atoms with Crippen molar-refractivity contribution < 1.29 is 17.3 Å². The van der Waals surface area contributed by atoms with Crippen LogP contribution in [0.2, 0.25) is 0 Å².